The van der Waals surface area contributed by atoms with E-state index in [4.69, 9.17) is 0 Å². The average molecular weight is 289 g/mol. The summed E-state index contributed by atoms with van der Waals surface area (Å²) in [6, 6.07) is 12.9. The van der Waals surface area contributed by atoms with E-state index >= 15 is 0 Å². The molecule has 0 aliphatic rings. The summed E-state index contributed by atoms with van der Waals surface area (Å²) in [4.78, 5) is 21.9. The number of rotatable bonds is 3. The Morgan fingerprint density at radius 1 is 0.882 bits per heavy atom. The summed E-state index contributed by atoms with van der Waals surface area (Å²) in [5.74, 6) is 0. The smallest absolute Gasteiger partial charge is 0.151 e. The maximum Gasteiger partial charge on any atom is 0.151 e. The molecule has 0 saturated carbocycles. The number of halogens is 1. The minimum absolute atomic E-state index is 0.537. The predicted molar refractivity (Wildman–Crippen MR) is 70.4 cm³/mol. The molecule has 0 heterocycles. The third-order valence-electron chi connectivity index (χ3n) is 2.51. The molecule has 0 aromatic heterocycles. The highest BCUT2D eigenvalue weighted by molar-refractivity contribution is 9.10. The summed E-state index contributed by atoms with van der Waals surface area (Å²) in [7, 11) is 0. The highest BCUT2D eigenvalue weighted by atomic mass is 79.9. The zero-order chi connectivity index (χ0) is 12.3. The third kappa shape index (κ3) is 2.34. The molecule has 2 rings (SSSR count). The number of aldehydes is 2. The van der Waals surface area contributed by atoms with Gasteiger partial charge in [0.2, 0.25) is 0 Å². The summed E-state index contributed by atoms with van der Waals surface area (Å²) in [5.41, 5.74) is 2.79. The molecule has 2 nitrogen and oxygen atoms in total. The van der Waals surface area contributed by atoms with Gasteiger partial charge in [-0.05, 0) is 23.3 Å². The first-order valence-corrected chi connectivity index (χ1v) is 5.85. The molecule has 0 spiro atoms. The van der Waals surface area contributed by atoms with Crippen molar-refractivity contribution in [1.29, 1.82) is 0 Å². The minimum Gasteiger partial charge on any atom is -0.298 e. The van der Waals surface area contributed by atoms with E-state index in [2.05, 4.69) is 15.9 Å². The van der Waals surface area contributed by atoms with Crippen LogP contribution in [0.3, 0.4) is 0 Å². The van der Waals surface area contributed by atoms with Crippen molar-refractivity contribution in [3.05, 3.63) is 58.1 Å². The van der Waals surface area contributed by atoms with Gasteiger partial charge in [-0.15, -0.1) is 0 Å². The fourth-order valence-electron chi connectivity index (χ4n) is 1.66. The van der Waals surface area contributed by atoms with E-state index in [1.807, 2.05) is 30.3 Å². The Bertz CT molecular complexity index is 562. The van der Waals surface area contributed by atoms with Crippen molar-refractivity contribution < 1.29 is 9.59 Å². The summed E-state index contributed by atoms with van der Waals surface area (Å²) in [5, 5.41) is 0. The van der Waals surface area contributed by atoms with E-state index in [9.17, 15) is 9.59 Å². The van der Waals surface area contributed by atoms with Gasteiger partial charge < -0.3 is 0 Å². The molecule has 0 amide bonds. The van der Waals surface area contributed by atoms with Crippen molar-refractivity contribution in [2.75, 3.05) is 0 Å². The zero-order valence-electron chi connectivity index (χ0n) is 8.89. The van der Waals surface area contributed by atoms with Crippen LogP contribution in [0, 0.1) is 0 Å². The van der Waals surface area contributed by atoms with Crippen LogP contribution < -0.4 is 0 Å². The van der Waals surface area contributed by atoms with Crippen molar-refractivity contribution >= 4 is 28.5 Å². The highest BCUT2D eigenvalue weighted by Gasteiger charge is 2.09. The molecule has 84 valence electrons. The summed E-state index contributed by atoms with van der Waals surface area (Å²) in [6.45, 7) is 0. The lowest BCUT2D eigenvalue weighted by atomic mass is 9.98. The van der Waals surface area contributed by atoms with Gasteiger partial charge in [0.25, 0.3) is 0 Å². The van der Waals surface area contributed by atoms with Crippen LogP contribution in [0.15, 0.2) is 46.9 Å². The van der Waals surface area contributed by atoms with E-state index in [0.717, 1.165) is 23.7 Å². The zero-order valence-corrected chi connectivity index (χ0v) is 10.5. The minimum atomic E-state index is 0.537. The van der Waals surface area contributed by atoms with Crippen LogP contribution in [0.1, 0.15) is 20.7 Å². The van der Waals surface area contributed by atoms with E-state index < -0.39 is 0 Å². The molecule has 0 radical (unpaired) electrons. The molecule has 0 fully saturated rings. The number of hydrogen-bond donors (Lipinski definition) is 0. The second kappa shape index (κ2) is 5.06. The Hall–Kier alpha value is -1.74. The molecule has 0 unspecified atom stereocenters. The van der Waals surface area contributed by atoms with Crippen LogP contribution in [0.4, 0.5) is 0 Å². The molecule has 2 aromatic rings. The van der Waals surface area contributed by atoms with Gasteiger partial charge in [-0.1, -0.05) is 46.3 Å². The van der Waals surface area contributed by atoms with Crippen molar-refractivity contribution in [3.8, 4) is 11.1 Å². The first kappa shape index (κ1) is 11.7. The van der Waals surface area contributed by atoms with Crippen molar-refractivity contribution in [2.45, 2.75) is 0 Å². The Morgan fingerprint density at radius 2 is 1.53 bits per heavy atom. The monoisotopic (exact) mass is 288 g/mol. The molecule has 0 bridgehead atoms. The lowest BCUT2D eigenvalue weighted by molar-refractivity contribution is 0.111. The summed E-state index contributed by atoms with van der Waals surface area (Å²) < 4.78 is 0.634. The van der Waals surface area contributed by atoms with Gasteiger partial charge in [-0.2, -0.15) is 0 Å². The van der Waals surface area contributed by atoms with Crippen LogP contribution in [-0.2, 0) is 0 Å². The van der Waals surface area contributed by atoms with Crippen LogP contribution in [0.5, 0.6) is 0 Å². The molecular formula is C14H9BrO2. The number of carbonyl (C=O) groups is 2. The summed E-state index contributed by atoms with van der Waals surface area (Å²) >= 11 is 3.26. The van der Waals surface area contributed by atoms with E-state index in [1.165, 1.54) is 0 Å². The maximum absolute atomic E-state index is 11.0. The van der Waals surface area contributed by atoms with Gasteiger partial charge in [-0.3, -0.25) is 9.59 Å². The van der Waals surface area contributed by atoms with Crippen LogP contribution in [0.2, 0.25) is 0 Å². The highest BCUT2D eigenvalue weighted by Crippen LogP contribution is 2.28. The number of carbonyl (C=O) groups excluding carboxylic acids is 2. The van der Waals surface area contributed by atoms with Gasteiger partial charge in [-0.25, -0.2) is 0 Å². The SMILES string of the molecule is O=Cc1cc(-c2ccccc2)c(C=O)cc1Br. The second-order valence-electron chi connectivity index (χ2n) is 3.56. The standard InChI is InChI=1S/C14H9BrO2/c15-14-7-11(8-16)13(6-12(14)9-17)10-4-2-1-3-5-10/h1-9H. The topological polar surface area (TPSA) is 34.1 Å². The van der Waals surface area contributed by atoms with Gasteiger partial charge in [0, 0.05) is 15.6 Å². The normalized spacial score (nSPS) is 9.94. The van der Waals surface area contributed by atoms with E-state index in [0.29, 0.717) is 15.6 Å². The molecule has 0 aliphatic heterocycles. The molecule has 2 aromatic carbocycles. The quantitative estimate of drug-likeness (QED) is 0.807. The largest absolute Gasteiger partial charge is 0.298 e. The van der Waals surface area contributed by atoms with Gasteiger partial charge in [0.15, 0.2) is 12.6 Å². The molecule has 0 aliphatic carbocycles. The predicted octanol–water partition coefficient (Wildman–Crippen LogP) is 3.74. The van der Waals surface area contributed by atoms with Crippen molar-refractivity contribution in [3.63, 3.8) is 0 Å². The Morgan fingerprint density at radius 3 is 2.12 bits per heavy atom. The fraction of sp³-hybridized carbons (Fsp3) is 0. The molecule has 3 heteroatoms. The second-order valence-corrected chi connectivity index (χ2v) is 4.42. The number of hydrogen-bond acceptors (Lipinski definition) is 2. The first-order valence-electron chi connectivity index (χ1n) is 5.05. The Labute approximate surface area is 107 Å². The van der Waals surface area contributed by atoms with Gasteiger partial charge in [0.05, 0.1) is 0 Å². The average Bonchev–Trinajstić information content (AvgIpc) is 2.39. The van der Waals surface area contributed by atoms with E-state index in [1.54, 1.807) is 12.1 Å². The summed E-state index contributed by atoms with van der Waals surface area (Å²) in [6.07, 6.45) is 1.56. The lowest BCUT2D eigenvalue weighted by Crippen LogP contribution is -1.92. The molecule has 17 heavy (non-hydrogen) atoms. The van der Waals surface area contributed by atoms with Crippen molar-refractivity contribution in [1.82, 2.24) is 0 Å². The molecule has 0 saturated heterocycles. The van der Waals surface area contributed by atoms with Gasteiger partial charge in [0.1, 0.15) is 0 Å². The molecular weight excluding hydrogens is 280 g/mol. The molecule has 0 atom stereocenters. The fourth-order valence-corrected chi connectivity index (χ4v) is 2.12. The molecule has 0 N–H and O–H groups in total. The third-order valence-corrected chi connectivity index (χ3v) is 3.19. The maximum atomic E-state index is 11.0. The van der Waals surface area contributed by atoms with Crippen LogP contribution in [-0.4, -0.2) is 12.6 Å². The van der Waals surface area contributed by atoms with E-state index in [-0.39, 0.29) is 0 Å². The van der Waals surface area contributed by atoms with Crippen molar-refractivity contribution in [2.24, 2.45) is 0 Å². The lowest BCUT2D eigenvalue weighted by Gasteiger charge is -2.07. The van der Waals surface area contributed by atoms with Gasteiger partial charge >= 0.3 is 0 Å². The first-order chi connectivity index (χ1) is 8.26. The Balaban J connectivity index is 2.67. The number of benzene rings is 2. The van der Waals surface area contributed by atoms with Crippen LogP contribution in [0.25, 0.3) is 11.1 Å². The Kier molecular flexibility index (Phi) is 3.49. The van der Waals surface area contributed by atoms with Crippen LogP contribution >= 0.6 is 15.9 Å².